The summed E-state index contributed by atoms with van der Waals surface area (Å²) in [6.07, 6.45) is 8.66. The van der Waals surface area contributed by atoms with Gasteiger partial charge in [-0.2, -0.15) is 0 Å². The van der Waals surface area contributed by atoms with Crippen molar-refractivity contribution in [3.05, 3.63) is 29.6 Å². The Hall–Kier alpha value is -2.02. The second-order valence-electron chi connectivity index (χ2n) is 6.64. The number of thiophene rings is 1. The highest BCUT2D eigenvalue weighted by molar-refractivity contribution is 7.17. The van der Waals surface area contributed by atoms with E-state index in [1.54, 1.807) is 17.7 Å². The summed E-state index contributed by atoms with van der Waals surface area (Å²) in [6, 6.07) is 2.17. The third-order valence-electron chi connectivity index (χ3n) is 5.19. The van der Waals surface area contributed by atoms with Gasteiger partial charge in [0.2, 0.25) is 11.8 Å². The number of aromatic nitrogens is 4. The molecule has 124 valence electrons. The van der Waals surface area contributed by atoms with Gasteiger partial charge in [-0.25, -0.2) is 9.97 Å². The fraction of sp³-hybridized carbons (Fsp3) is 0.529. The lowest BCUT2D eigenvalue weighted by Crippen LogP contribution is -2.34. The number of rotatable bonds is 3. The van der Waals surface area contributed by atoms with Crippen molar-refractivity contribution in [1.82, 2.24) is 20.2 Å². The summed E-state index contributed by atoms with van der Waals surface area (Å²) in [7, 11) is 0. The van der Waals surface area contributed by atoms with Crippen LogP contribution in [-0.2, 0) is 0 Å². The number of fused-ring (bicyclic) bond motifs is 1. The van der Waals surface area contributed by atoms with E-state index in [0.29, 0.717) is 5.92 Å². The molecule has 0 N–H and O–H groups in total. The van der Waals surface area contributed by atoms with Crippen LogP contribution in [-0.4, -0.2) is 26.7 Å². The first-order valence-electron chi connectivity index (χ1n) is 8.68. The first kappa shape index (κ1) is 14.3. The number of nitrogens with zero attached hydrogens (tertiary/aromatic N) is 5. The summed E-state index contributed by atoms with van der Waals surface area (Å²) in [6.45, 7) is 0.968. The number of hydrogen-bond donors (Lipinski definition) is 0. The Morgan fingerprint density at radius 3 is 2.83 bits per heavy atom. The van der Waals surface area contributed by atoms with Gasteiger partial charge >= 0.3 is 0 Å². The highest BCUT2D eigenvalue weighted by atomic mass is 32.1. The van der Waals surface area contributed by atoms with Gasteiger partial charge < -0.3 is 9.32 Å². The molecule has 1 aliphatic heterocycles. The average molecular weight is 341 g/mol. The van der Waals surface area contributed by atoms with Crippen molar-refractivity contribution in [2.45, 2.75) is 50.5 Å². The molecule has 1 atom stereocenters. The van der Waals surface area contributed by atoms with Gasteiger partial charge in [-0.1, -0.05) is 6.42 Å². The molecule has 0 amide bonds. The Balaban J connectivity index is 1.51. The lowest BCUT2D eigenvalue weighted by Gasteiger charge is -2.34. The van der Waals surface area contributed by atoms with Crippen LogP contribution in [0.1, 0.15) is 62.3 Å². The maximum Gasteiger partial charge on any atom is 0.238 e. The van der Waals surface area contributed by atoms with Crippen LogP contribution in [0.3, 0.4) is 0 Å². The largest absolute Gasteiger partial charge is 0.423 e. The fourth-order valence-corrected chi connectivity index (χ4v) is 4.47. The first-order chi connectivity index (χ1) is 11.9. The third-order valence-corrected chi connectivity index (χ3v) is 6.09. The van der Waals surface area contributed by atoms with Gasteiger partial charge in [0.05, 0.1) is 10.2 Å². The van der Waals surface area contributed by atoms with Crippen LogP contribution in [0.15, 0.2) is 22.2 Å². The van der Waals surface area contributed by atoms with Crippen LogP contribution < -0.4 is 4.90 Å². The van der Waals surface area contributed by atoms with Crippen LogP contribution in [0.2, 0.25) is 0 Å². The van der Waals surface area contributed by atoms with Crippen LogP contribution in [0.25, 0.3) is 10.2 Å². The highest BCUT2D eigenvalue weighted by Gasteiger charge is 2.33. The topological polar surface area (TPSA) is 67.9 Å². The molecule has 3 aromatic heterocycles. The first-order valence-corrected chi connectivity index (χ1v) is 9.56. The maximum atomic E-state index is 6.07. The molecule has 0 aromatic carbocycles. The van der Waals surface area contributed by atoms with Gasteiger partial charge in [-0.15, -0.1) is 21.5 Å². The molecule has 24 heavy (non-hydrogen) atoms. The standard InChI is InChI=1S/C17H19N5OS/c1-2-8-22(15-14-12(7-9-24-14)18-10-19-15)13(6-1)17-21-20-16(23-17)11-4-3-5-11/h7,9-11,13H,1-6,8H2. The predicted octanol–water partition coefficient (Wildman–Crippen LogP) is 4.07. The summed E-state index contributed by atoms with van der Waals surface area (Å²) < 4.78 is 7.21. The van der Waals surface area contributed by atoms with Crippen molar-refractivity contribution in [3.8, 4) is 0 Å². The second-order valence-corrected chi connectivity index (χ2v) is 7.56. The Labute approximate surface area is 143 Å². The van der Waals surface area contributed by atoms with Crippen molar-refractivity contribution in [3.63, 3.8) is 0 Å². The summed E-state index contributed by atoms with van der Waals surface area (Å²) in [5.41, 5.74) is 1.01. The van der Waals surface area contributed by atoms with Crippen molar-refractivity contribution < 1.29 is 4.42 Å². The molecule has 1 aliphatic carbocycles. The quantitative estimate of drug-likeness (QED) is 0.715. The molecule has 0 spiro atoms. The summed E-state index contributed by atoms with van der Waals surface area (Å²) >= 11 is 1.69. The average Bonchev–Trinajstić information content (AvgIpc) is 3.22. The molecule has 1 saturated carbocycles. The van der Waals surface area contributed by atoms with Gasteiger partial charge in [0, 0.05) is 12.5 Å². The van der Waals surface area contributed by atoms with Gasteiger partial charge in [0.1, 0.15) is 12.4 Å². The van der Waals surface area contributed by atoms with E-state index in [4.69, 9.17) is 4.42 Å². The number of anilines is 1. The van der Waals surface area contributed by atoms with Gasteiger partial charge in [-0.3, -0.25) is 0 Å². The predicted molar refractivity (Wildman–Crippen MR) is 92.2 cm³/mol. The van der Waals surface area contributed by atoms with Crippen LogP contribution >= 0.6 is 11.3 Å². The van der Waals surface area contributed by atoms with Crippen molar-refractivity contribution in [1.29, 1.82) is 0 Å². The monoisotopic (exact) mass is 341 g/mol. The second kappa shape index (κ2) is 5.81. The van der Waals surface area contributed by atoms with E-state index >= 15 is 0 Å². The zero-order valence-electron chi connectivity index (χ0n) is 13.4. The molecule has 0 bridgehead atoms. The summed E-state index contributed by atoms with van der Waals surface area (Å²) in [5.74, 6) is 3.06. The van der Waals surface area contributed by atoms with Gasteiger partial charge in [-0.05, 0) is 43.6 Å². The summed E-state index contributed by atoms with van der Waals surface area (Å²) in [4.78, 5) is 11.3. The number of piperidine rings is 1. The summed E-state index contributed by atoms with van der Waals surface area (Å²) in [5, 5.41) is 10.8. The SMILES string of the molecule is c1nc(N2CCCCC2c2nnc(C3CCC3)o2)c2sccc2n1. The molecular weight excluding hydrogens is 322 g/mol. The third kappa shape index (κ3) is 2.30. The molecule has 2 fully saturated rings. The normalized spacial score (nSPS) is 22.0. The molecule has 3 aromatic rings. The van der Waals surface area contributed by atoms with E-state index in [2.05, 4.69) is 30.4 Å². The lowest BCUT2D eigenvalue weighted by atomic mass is 9.85. The maximum absolute atomic E-state index is 6.07. The minimum atomic E-state index is 0.125. The molecule has 7 heteroatoms. The van der Waals surface area contributed by atoms with E-state index in [0.717, 1.165) is 47.2 Å². The van der Waals surface area contributed by atoms with E-state index in [9.17, 15) is 0 Å². The minimum absolute atomic E-state index is 0.125. The van der Waals surface area contributed by atoms with Crippen molar-refractivity contribution in [2.75, 3.05) is 11.4 Å². The van der Waals surface area contributed by atoms with Gasteiger partial charge in [0.15, 0.2) is 5.82 Å². The number of hydrogen-bond acceptors (Lipinski definition) is 7. The van der Waals surface area contributed by atoms with Crippen LogP contribution in [0.4, 0.5) is 5.82 Å². The Morgan fingerprint density at radius 1 is 1.04 bits per heavy atom. The Kier molecular flexibility index (Phi) is 3.47. The zero-order valence-corrected chi connectivity index (χ0v) is 14.2. The van der Waals surface area contributed by atoms with E-state index < -0.39 is 0 Å². The molecule has 4 heterocycles. The zero-order chi connectivity index (χ0) is 15.9. The minimum Gasteiger partial charge on any atom is -0.423 e. The molecule has 1 saturated heterocycles. The molecular formula is C17H19N5OS. The van der Waals surface area contributed by atoms with Crippen molar-refractivity contribution >= 4 is 27.4 Å². The Morgan fingerprint density at radius 2 is 1.96 bits per heavy atom. The van der Waals surface area contributed by atoms with E-state index in [-0.39, 0.29) is 6.04 Å². The molecule has 0 radical (unpaired) electrons. The fourth-order valence-electron chi connectivity index (χ4n) is 3.62. The molecule has 5 rings (SSSR count). The molecule has 6 nitrogen and oxygen atoms in total. The molecule has 1 unspecified atom stereocenters. The van der Waals surface area contributed by atoms with Gasteiger partial charge in [0.25, 0.3) is 0 Å². The van der Waals surface area contributed by atoms with E-state index in [1.165, 1.54) is 25.7 Å². The van der Waals surface area contributed by atoms with Crippen molar-refractivity contribution in [2.24, 2.45) is 0 Å². The smallest absolute Gasteiger partial charge is 0.238 e. The Bertz CT molecular complexity index is 855. The molecule has 2 aliphatic rings. The van der Waals surface area contributed by atoms with Crippen LogP contribution in [0, 0.1) is 0 Å². The van der Waals surface area contributed by atoms with Crippen LogP contribution in [0.5, 0.6) is 0 Å². The lowest BCUT2D eigenvalue weighted by molar-refractivity contribution is 0.305. The highest BCUT2D eigenvalue weighted by Crippen LogP contribution is 2.40. The van der Waals surface area contributed by atoms with E-state index in [1.807, 2.05) is 6.07 Å².